The van der Waals surface area contributed by atoms with Gasteiger partial charge in [-0.3, -0.25) is 9.82 Å². The predicted molar refractivity (Wildman–Crippen MR) is 57.5 cm³/mol. The monoisotopic (exact) mass is 245 g/mol. The summed E-state index contributed by atoms with van der Waals surface area (Å²) in [6.45, 7) is 2.20. The van der Waals surface area contributed by atoms with Gasteiger partial charge in [0.05, 0.1) is 18.9 Å². The first-order valence-electron chi connectivity index (χ1n) is 5.18. The molecule has 1 heterocycles. The van der Waals surface area contributed by atoms with Crippen molar-refractivity contribution < 1.29 is 19.5 Å². The molecule has 1 rings (SSSR count). The van der Waals surface area contributed by atoms with E-state index in [4.69, 9.17) is 4.84 Å². The quantitative estimate of drug-likeness (QED) is 0.416. The first kappa shape index (κ1) is 13.1. The molecule has 1 aromatic rings. The Balaban J connectivity index is 2.14. The fraction of sp³-hybridized carbons (Fsp3) is 0.556. The molecular weight excluding hydrogens is 230 g/mol. The summed E-state index contributed by atoms with van der Waals surface area (Å²) < 4.78 is 4.56. The summed E-state index contributed by atoms with van der Waals surface area (Å²) >= 11 is 0. The zero-order chi connectivity index (χ0) is 12.7. The molecule has 0 saturated carbocycles. The van der Waals surface area contributed by atoms with Gasteiger partial charge in [-0.1, -0.05) is 0 Å². The van der Waals surface area contributed by atoms with Gasteiger partial charge >= 0.3 is 11.8 Å². The van der Waals surface area contributed by atoms with Gasteiger partial charge in [0, 0.05) is 0 Å². The summed E-state index contributed by atoms with van der Waals surface area (Å²) in [6, 6.07) is 0. The Kier molecular flexibility index (Phi) is 5.08. The van der Waals surface area contributed by atoms with Crippen molar-refractivity contribution in [1.82, 2.24) is 15.4 Å². The molecule has 0 aliphatic rings. The van der Waals surface area contributed by atoms with E-state index in [2.05, 4.69) is 20.2 Å². The fourth-order valence-corrected chi connectivity index (χ4v) is 1.18. The van der Waals surface area contributed by atoms with Crippen LogP contribution in [0.15, 0.2) is 4.79 Å². The maximum atomic E-state index is 10.8. The highest BCUT2D eigenvalue weighted by atomic mass is 16.7. The van der Waals surface area contributed by atoms with Crippen LogP contribution < -0.4 is 11.2 Å². The third-order valence-corrected chi connectivity index (χ3v) is 1.89. The Morgan fingerprint density at radius 3 is 2.82 bits per heavy atom. The van der Waals surface area contributed by atoms with Crippen LogP contribution in [0.1, 0.15) is 19.0 Å². The van der Waals surface area contributed by atoms with Crippen LogP contribution in [0.5, 0.6) is 5.88 Å². The number of H-pyrrole nitrogens is 2. The lowest BCUT2D eigenvalue weighted by atomic mass is 10.2. The number of imidazole rings is 1. The van der Waals surface area contributed by atoms with E-state index in [9.17, 15) is 14.7 Å². The Morgan fingerprint density at radius 2 is 2.24 bits per heavy atom. The van der Waals surface area contributed by atoms with Gasteiger partial charge < -0.3 is 14.8 Å². The molecule has 0 saturated heterocycles. The number of aromatic hydroxyl groups is 1. The first-order valence-corrected chi connectivity index (χ1v) is 5.18. The highest BCUT2D eigenvalue weighted by Crippen LogP contribution is 2.09. The maximum absolute atomic E-state index is 10.8. The Bertz CT molecular complexity index is 411. The smallest absolute Gasteiger partial charge is 0.431 e. The van der Waals surface area contributed by atoms with Crippen LogP contribution in [0.25, 0.3) is 0 Å². The molecular formula is C9H15N3O5. The van der Waals surface area contributed by atoms with Crippen LogP contribution in [-0.2, 0) is 16.0 Å². The number of rotatable bonds is 6. The molecule has 0 unspecified atom stereocenters. The van der Waals surface area contributed by atoms with E-state index in [1.54, 1.807) is 6.92 Å². The SMILES string of the molecule is CCOC(=O)NOCCCc1[nH]c(=O)[nH]c1O. The molecule has 0 atom stereocenters. The molecule has 0 radical (unpaired) electrons. The van der Waals surface area contributed by atoms with Crippen molar-refractivity contribution >= 4 is 6.09 Å². The summed E-state index contributed by atoms with van der Waals surface area (Å²) in [5.74, 6) is -0.173. The van der Waals surface area contributed by atoms with Crippen LogP contribution >= 0.6 is 0 Å². The molecule has 1 aromatic heterocycles. The molecule has 0 aromatic carbocycles. The summed E-state index contributed by atoms with van der Waals surface area (Å²) in [5.41, 5.74) is 2.04. The van der Waals surface area contributed by atoms with Gasteiger partial charge in [0.25, 0.3) is 0 Å². The standard InChI is InChI=1S/C9H15N3O5/c1-2-16-9(15)12-17-5-3-4-6-7(13)11-8(14)10-6/h13H,2-5H2,1H3,(H,12,15)(H2,10,11,14). The predicted octanol–water partition coefficient (Wildman–Crippen LogP) is 0.0189. The second-order valence-corrected chi connectivity index (χ2v) is 3.18. The van der Waals surface area contributed by atoms with Gasteiger partial charge in [-0.05, 0) is 19.8 Å². The maximum Gasteiger partial charge on any atom is 0.431 e. The number of hydrogen-bond acceptors (Lipinski definition) is 5. The minimum atomic E-state index is -0.648. The Hall–Kier alpha value is -1.96. The summed E-state index contributed by atoms with van der Waals surface area (Å²) in [6.07, 6.45) is 0.299. The number of carbonyl (C=O) groups excluding carboxylic acids is 1. The number of aryl methyl sites for hydroxylation is 1. The van der Waals surface area contributed by atoms with Crippen LogP contribution in [0.2, 0.25) is 0 Å². The van der Waals surface area contributed by atoms with Crippen molar-refractivity contribution in [2.75, 3.05) is 13.2 Å². The molecule has 1 amide bonds. The van der Waals surface area contributed by atoms with Crippen molar-refractivity contribution in [1.29, 1.82) is 0 Å². The van der Waals surface area contributed by atoms with Gasteiger partial charge in [0.1, 0.15) is 0 Å². The minimum absolute atomic E-state index is 0.173. The topological polar surface area (TPSA) is 116 Å². The van der Waals surface area contributed by atoms with Crippen molar-refractivity contribution in [3.8, 4) is 5.88 Å². The number of amides is 1. The van der Waals surface area contributed by atoms with Gasteiger partial charge in [0.15, 0.2) is 0 Å². The van der Waals surface area contributed by atoms with E-state index < -0.39 is 11.8 Å². The largest absolute Gasteiger partial charge is 0.493 e. The number of aromatic amines is 2. The zero-order valence-corrected chi connectivity index (χ0v) is 9.41. The van der Waals surface area contributed by atoms with Gasteiger partial charge in [-0.15, -0.1) is 0 Å². The second kappa shape index (κ2) is 6.59. The van der Waals surface area contributed by atoms with Gasteiger partial charge in [-0.2, -0.15) is 5.48 Å². The highest BCUT2D eigenvalue weighted by molar-refractivity contribution is 5.65. The minimum Gasteiger partial charge on any atom is -0.493 e. The summed E-state index contributed by atoms with van der Waals surface area (Å²) in [7, 11) is 0. The van der Waals surface area contributed by atoms with E-state index in [-0.39, 0.29) is 19.1 Å². The van der Waals surface area contributed by atoms with E-state index in [1.807, 2.05) is 0 Å². The molecule has 17 heavy (non-hydrogen) atoms. The van der Waals surface area contributed by atoms with E-state index in [0.29, 0.717) is 18.5 Å². The molecule has 0 fully saturated rings. The second-order valence-electron chi connectivity index (χ2n) is 3.18. The summed E-state index contributed by atoms with van der Waals surface area (Å²) in [4.78, 5) is 31.0. The summed E-state index contributed by atoms with van der Waals surface area (Å²) in [5, 5.41) is 9.23. The Labute approximate surface area is 96.9 Å². The third-order valence-electron chi connectivity index (χ3n) is 1.89. The zero-order valence-electron chi connectivity index (χ0n) is 9.41. The number of hydroxylamine groups is 1. The van der Waals surface area contributed by atoms with Crippen LogP contribution in [-0.4, -0.2) is 34.4 Å². The molecule has 8 nitrogen and oxygen atoms in total. The molecule has 0 aliphatic heterocycles. The Morgan fingerprint density at radius 1 is 1.47 bits per heavy atom. The molecule has 8 heteroatoms. The molecule has 4 N–H and O–H groups in total. The van der Waals surface area contributed by atoms with Crippen molar-refractivity contribution in [2.45, 2.75) is 19.8 Å². The van der Waals surface area contributed by atoms with E-state index >= 15 is 0 Å². The van der Waals surface area contributed by atoms with Crippen LogP contribution in [0.4, 0.5) is 4.79 Å². The lowest BCUT2D eigenvalue weighted by molar-refractivity contribution is 0.0284. The van der Waals surface area contributed by atoms with Gasteiger partial charge in [-0.25, -0.2) is 9.59 Å². The molecule has 96 valence electrons. The lowest BCUT2D eigenvalue weighted by Crippen LogP contribution is -2.25. The third kappa shape index (κ3) is 4.60. The highest BCUT2D eigenvalue weighted by Gasteiger charge is 2.05. The number of aromatic nitrogens is 2. The molecule has 0 bridgehead atoms. The van der Waals surface area contributed by atoms with Crippen molar-refractivity contribution in [2.24, 2.45) is 0 Å². The fourth-order valence-electron chi connectivity index (χ4n) is 1.18. The van der Waals surface area contributed by atoms with E-state index in [1.165, 1.54) is 0 Å². The van der Waals surface area contributed by atoms with Crippen molar-refractivity contribution in [3.63, 3.8) is 0 Å². The normalized spacial score (nSPS) is 10.2. The average molecular weight is 245 g/mol. The van der Waals surface area contributed by atoms with Crippen LogP contribution in [0, 0.1) is 0 Å². The van der Waals surface area contributed by atoms with Gasteiger partial charge in [0.2, 0.25) is 5.88 Å². The average Bonchev–Trinajstić information content (AvgIpc) is 2.57. The van der Waals surface area contributed by atoms with Crippen LogP contribution in [0.3, 0.4) is 0 Å². The number of carbonyl (C=O) groups is 1. The first-order chi connectivity index (χ1) is 8.13. The van der Waals surface area contributed by atoms with Crippen molar-refractivity contribution in [3.05, 3.63) is 16.2 Å². The number of hydrogen-bond donors (Lipinski definition) is 4. The molecule has 0 spiro atoms. The molecule has 0 aliphatic carbocycles. The van der Waals surface area contributed by atoms with E-state index in [0.717, 1.165) is 0 Å². The number of nitrogens with one attached hydrogen (secondary N) is 3. The lowest BCUT2D eigenvalue weighted by Gasteiger charge is -2.04. The number of ether oxygens (including phenoxy) is 1.